The zero-order valence-electron chi connectivity index (χ0n) is 19.3. The Hall–Kier alpha value is -4.20. The average Bonchev–Trinajstić information content (AvgIpc) is 3.45. The molecule has 4 aromatic rings. The van der Waals surface area contributed by atoms with Gasteiger partial charge in [-0.25, -0.2) is 4.79 Å². The molecule has 0 atom stereocenters. The first-order chi connectivity index (χ1) is 16.5. The monoisotopic (exact) mass is 457 g/mol. The Morgan fingerprint density at radius 2 is 1.68 bits per heavy atom. The van der Waals surface area contributed by atoms with Gasteiger partial charge in [-0.05, 0) is 43.2 Å². The summed E-state index contributed by atoms with van der Waals surface area (Å²) in [6.45, 7) is 5.17. The minimum atomic E-state index is -0.538. The normalized spacial score (nSPS) is 10.8. The van der Waals surface area contributed by atoms with Crippen molar-refractivity contribution in [3.8, 4) is 0 Å². The summed E-state index contributed by atoms with van der Waals surface area (Å²) in [5.74, 6) is -0.901. The SMILES string of the molecule is Cc1nn(Cc2ccccc2)c(C)c1CNC(=O)COC(=O)c1ccc(Cn2cccn2)cc1. The van der Waals surface area contributed by atoms with Crippen LogP contribution in [0.2, 0.25) is 0 Å². The summed E-state index contributed by atoms with van der Waals surface area (Å²) in [6, 6.07) is 19.0. The van der Waals surface area contributed by atoms with Gasteiger partial charge in [0.1, 0.15) is 0 Å². The zero-order chi connectivity index (χ0) is 23.9. The van der Waals surface area contributed by atoms with Crippen LogP contribution in [0.25, 0.3) is 0 Å². The van der Waals surface area contributed by atoms with Gasteiger partial charge >= 0.3 is 5.97 Å². The van der Waals surface area contributed by atoms with E-state index in [1.165, 1.54) is 0 Å². The van der Waals surface area contributed by atoms with Crippen LogP contribution in [-0.4, -0.2) is 38.0 Å². The van der Waals surface area contributed by atoms with Gasteiger partial charge in [0, 0.05) is 30.2 Å². The number of benzene rings is 2. The minimum absolute atomic E-state index is 0.324. The third kappa shape index (κ3) is 5.78. The van der Waals surface area contributed by atoms with Crippen LogP contribution in [0.3, 0.4) is 0 Å². The molecule has 0 saturated carbocycles. The second-order valence-electron chi connectivity index (χ2n) is 8.05. The van der Waals surface area contributed by atoms with Crippen LogP contribution in [-0.2, 0) is 29.2 Å². The van der Waals surface area contributed by atoms with E-state index in [1.54, 1.807) is 23.0 Å². The number of carbonyl (C=O) groups excluding carboxylic acids is 2. The highest BCUT2D eigenvalue weighted by Gasteiger charge is 2.14. The number of hydrogen-bond acceptors (Lipinski definition) is 5. The van der Waals surface area contributed by atoms with E-state index in [1.807, 2.05) is 61.1 Å². The fourth-order valence-corrected chi connectivity index (χ4v) is 3.68. The Kier molecular flexibility index (Phi) is 7.17. The average molecular weight is 458 g/mol. The number of aryl methyl sites for hydroxylation is 1. The second kappa shape index (κ2) is 10.6. The van der Waals surface area contributed by atoms with Crippen molar-refractivity contribution in [2.45, 2.75) is 33.5 Å². The molecule has 0 aliphatic carbocycles. The lowest BCUT2D eigenvalue weighted by Gasteiger charge is -2.09. The smallest absolute Gasteiger partial charge is 0.338 e. The first kappa shape index (κ1) is 23.0. The summed E-state index contributed by atoms with van der Waals surface area (Å²) < 4.78 is 8.91. The number of ether oxygens (including phenoxy) is 1. The van der Waals surface area contributed by atoms with E-state index in [9.17, 15) is 9.59 Å². The van der Waals surface area contributed by atoms with Gasteiger partial charge in [-0.15, -0.1) is 0 Å². The number of amides is 1. The van der Waals surface area contributed by atoms with E-state index in [0.29, 0.717) is 25.2 Å². The van der Waals surface area contributed by atoms with Crippen molar-refractivity contribution in [2.75, 3.05) is 6.61 Å². The quantitative estimate of drug-likeness (QED) is 0.390. The Morgan fingerprint density at radius 1 is 0.941 bits per heavy atom. The molecule has 2 aromatic heterocycles. The lowest BCUT2D eigenvalue weighted by atomic mass is 10.1. The van der Waals surface area contributed by atoms with Crippen LogP contribution in [0.15, 0.2) is 73.1 Å². The van der Waals surface area contributed by atoms with Crippen molar-refractivity contribution in [1.82, 2.24) is 24.9 Å². The predicted molar refractivity (Wildman–Crippen MR) is 127 cm³/mol. The van der Waals surface area contributed by atoms with Crippen LogP contribution in [0.4, 0.5) is 0 Å². The molecular formula is C26H27N5O3. The predicted octanol–water partition coefficient (Wildman–Crippen LogP) is 3.27. The van der Waals surface area contributed by atoms with E-state index in [-0.39, 0.29) is 12.5 Å². The summed E-state index contributed by atoms with van der Waals surface area (Å²) in [6.07, 6.45) is 3.59. The first-order valence-electron chi connectivity index (χ1n) is 11.1. The number of aromatic nitrogens is 4. The summed E-state index contributed by atoms with van der Waals surface area (Å²) >= 11 is 0. The molecule has 8 nitrogen and oxygen atoms in total. The number of esters is 1. The van der Waals surface area contributed by atoms with Gasteiger partial charge in [0.05, 0.1) is 24.3 Å². The molecule has 0 spiro atoms. The highest BCUT2D eigenvalue weighted by atomic mass is 16.5. The van der Waals surface area contributed by atoms with Crippen molar-refractivity contribution in [3.63, 3.8) is 0 Å². The third-order valence-electron chi connectivity index (χ3n) is 5.60. The maximum absolute atomic E-state index is 12.3. The van der Waals surface area contributed by atoms with Crippen molar-refractivity contribution in [2.24, 2.45) is 0 Å². The fourth-order valence-electron chi connectivity index (χ4n) is 3.68. The molecule has 0 aliphatic rings. The maximum atomic E-state index is 12.3. The highest BCUT2D eigenvalue weighted by molar-refractivity contribution is 5.91. The Bertz CT molecular complexity index is 1250. The number of nitrogens with one attached hydrogen (secondary N) is 1. The summed E-state index contributed by atoms with van der Waals surface area (Å²) in [4.78, 5) is 24.6. The summed E-state index contributed by atoms with van der Waals surface area (Å²) in [5.41, 5.74) is 5.38. The van der Waals surface area contributed by atoms with Crippen molar-refractivity contribution in [3.05, 3.63) is 107 Å². The van der Waals surface area contributed by atoms with Gasteiger partial charge in [0.15, 0.2) is 6.61 Å². The van der Waals surface area contributed by atoms with Crippen LogP contribution >= 0.6 is 0 Å². The molecular weight excluding hydrogens is 430 g/mol. The molecule has 0 aliphatic heterocycles. The summed E-state index contributed by atoms with van der Waals surface area (Å²) in [7, 11) is 0. The van der Waals surface area contributed by atoms with Gasteiger partial charge in [-0.1, -0.05) is 42.5 Å². The first-order valence-corrected chi connectivity index (χ1v) is 11.1. The van der Waals surface area contributed by atoms with Crippen molar-refractivity contribution >= 4 is 11.9 Å². The fraction of sp³-hybridized carbons (Fsp3) is 0.231. The molecule has 34 heavy (non-hydrogen) atoms. The Balaban J connectivity index is 1.26. The van der Waals surface area contributed by atoms with E-state index in [0.717, 1.165) is 28.1 Å². The number of hydrogen-bond donors (Lipinski definition) is 1. The van der Waals surface area contributed by atoms with E-state index in [2.05, 4.69) is 27.6 Å². The van der Waals surface area contributed by atoms with Gasteiger partial charge in [-0.3, -0.25) is 14.2 Å². The van der Waals surface area contributed by atoms with Crippen molar-refractivity contribution in [1.29, 1.82) is 0 Å². The molecule has 174 valence electrons. The third-order valence-corrected chi connectivity index (χ3v) is 5.60. The second-order valence-corrected chi connectivity index (χ2v) is 8.05. The number of nitrogens with zero attached hydrogens (tertiary/aromatic N) is 4. The van der Waals surface area contributed by atoms with Crippen LogP contribution in [0, 0.1) is 13.8 Å². The molecule has 4 rings (SSSR count). The standard InChI is InChI=1S/C26H27N5O3/c1-19-24(20(2)31(29-19)17-21-7-4-3-5-8-21)15-27-25(32)18-34-26(33)23-11-9-22(10-12-23)16-30-14-6-13-28-30/h3-14H,15-18H2,1-2H3,(H,27,32). The molecule has 2 heterocycles. The molecule has 0 radical (unpaired) electrons. The molecule has 1 amide bonds. The zero-order valence-corrected chi connectivity index (χ0v) is 19.3. The molecule has 0 unspecified atom stereocenters. The largest absolute Gasteiger partial charge is 0.452 e. The van der Waals surface area contributed by atoms with Crippen molar-refractivity contribution < 1.29 is 14.3 Å². The van der Waals surface area contributed by atoms with Gasteiger partial charge in [-0.2, -0.15) is 10.2 Å². The van der Waals surface area contributed by atoms with Crippen LogP contribution in [0.5, 0.6) is 0 Å². The lowest BCUT2D eigenvalue weighted by molar-refractivity contribution is -0.124. The molecule has 0 fully saturated rings. The molecule has 0 saturated heterocycles. The van der Waals surface area contributed by atoms with Gasteiger partial charge in [0.2, 0.25) is 0 Å². The summed E-state index contributed by atoms with van der Waals surface area (Å²) in [5, 5.41) is 11.6. The maximum Gasteiger partial charge on any atom is 0.338 e. The Morgan fingerprint density at radius 3 is 2.38 bits per heavy atom. The Labute approximate surface area is 198 Å². The van der Waals surface area contributed by atoms with E-state index >= 15 is 0 Å². The van der Waals surface area contributed by atoms with E-state index < -0.39 is 5.97 Å². The van der Waals surface area contributed by atoms with Gasteiger partial charge < -0.3 is 10.1 Å². The molecule has 0 bridgehead atoms. The van der Waals surface area contributed by atoms with Crippen LogP contribution in [0.1, 0.15) is 38.4 Å². The van der Waals surface area contributed by atoms with Gasteiger partial charge in [0.25, 0.3) is 5.91 Å². The number of rotatable bonds is 9. The number of carbonyl (C=O) groups is 2. The van der Waals surface area contributed by atoms with Crippen LogP contribution < -0.4 is 5.32 Å². The molecule has 1 N–H and O–H groups in total. The minimum Gasteiger partial charge on any atom is -0.452 e. The topological polar surface area (TPSA) is 91.0 Å². The van der Waals surface area contributed by atoms with E-state index in [4.69, 9.17) is 4.74 Å². The molecule has 8 heteroatoms. The highest BCUT2D eigenvalue weighted by Crippen LogP contribution is 2.15. The lowest BCUT2D eigenvalue weighted by Crippen LogP contribution is -2.28. The molecule has 2 aromatic carbocycles.